The lowest BCUT2D eigenvalue weighted by Crippen LogP contribution is -2.48. The van der Waals surface area contributed by atoms with E-state index in [1.807, 2.05) is 13.8 Å². The summed E-state index contributed by atoms with van der Waals surface area (Å²) in [6.45, 7) is 4.09. The first-order valence-electron chi connectivity index (χ1n) is 7.59. The van der Waals surface area contributed by atoms with Gasteiger partial charge in [0.25, 0.3) is 0 Å². The molecule has 0 aromatic rings. The molecule has 1 unspecified atom stereocenters. The lowest BCUT2D eigenvalue weighted by atomic mass is 10.2. The molecule has 1 N–H and O–H groups in total. The first kappa shape index (κ1) is 16.3. The largest absolute Gasteiger partial charge is 0.352 e. The second-order valence-electron chi connectivity index (χ2n) is 6.48. The number of amides is 2. The first-order chi connectivity index (χ1) is 9.78. The molecular weight excluding hydrogens is 292 g/mol. The maximum atomic E-state index is 12.2. The summed E-state index contributed by atoms with van der Waals surface area (Å²) in [7, 11) is -3.40. The van der Waals surface area contributed by atoms with E-state index in [0.29, 0.717) is 13.0 Å². The molecule has 6 nitrogen and oxygen atoms in total. The van der Waals surface area contributed by atoms with E-state index in [-0.39, 0.29) is 23.6 Å². The van der Waals surface area contributed by atoms with Crippen molar-refractivity contribution < 1.29 is 18.0 Å². The number of hydrogen-bond donors (Lipinski definition) is 1. The van der Waals surface area contributed by atoms with E-state index in [1.54, 1.807) is 0 Å². The van der Waals surface area contributed by atoms with E-state index in [2.05, 4.69) is 5.32 Å². The van der Waals surface area contributed by atoms with Crippen LogP contribution in [0.5, 0.6) is 0 Å². The highest BCUT2D eigenvalue weighted by molar-refractivity contribution is 7.92. The van der Waals surface area contributed by atoms with E-state index in [9.17, 15) is 18.0 Å². The Bertz CT molecular complexity index is 511. The summed E-state index contributed by atoms with van der Waals surface area (Å²) in [6, 6.07) is -0.243. The predicted octanol–water partition coefficient (Wildman–Crippen LogP) is 0.327. The van der Waals surface area contributed by atoms with Crippen molar-refractivity contribution in [2.24, 2.45) is 5.92 Å². The van der Waals surface area contributed by atoms with E-state index in [4.69, 9.17) is 0 Å². The number of nitrogens with zero attached hydrogens (tertiary/aromatic N) is 1. The number of rotatable bonds is 6. The normalized spacial score (nSPS) is 22.6. The Morgan fingerprint density at radius 3 is 2.48 bits per heavy atom. The van der Waals surface area contributed by atoms with Crippen LogP contribution in [0.1, 0.15) is 39.5 Å². The van der Waals surface area contributed by atoms with E-state index in [1.165, 1.54) is 4.90 Å². The standard InChI is InChI=1S/C14H24N2O4S/c1-10(2)8-21(19,20)9-13(17)16-7-3-4-12(16)14(18)15-11-5-6-11/h10-12H,3-9H2,1-2H3,(H,15,18). The number of carbonyl (C=O) groups is 2. The number of nitrogens with one attached hydrogen (secondary N) is 1. The molecule has 1 atom stereocenters. The summed E-state index contributed by atoms with van der Waals surface area (Å²) in [4.78, 5) is 25.8. The third-order valence-corrected chi connectivity index (χ3v) is 5.59. The average Bonchev–Trinajstić information content (AvgIpc) is 3.00. The van der Waals surface area contributed by atoms with Gasteiger partial charge in [-0.2, -0.15) is 0 Å². The van der Waals surface area contributed by atoms with Gasteiger partial charge in [-0.25, -0.2) is 8.42 Å². The van der Waals surface area contributed by atoms with Gasteiger partial charge < -0.3 is 10.2 Å². The molecule has 1 saturated heterocycles. The lowest BCUT2D eigenvalue weighted by molar-refractivity contribution is -0.136. The molecule has 120 valence electrons. The average molecular weight is 316 g/mol. The lowest BCUT2D eigenvalue weighted by Gasteiger charge is -2.24. The van der Waals surface area contributed by atoms with Gasteiger partial charge in [0.2, 0.25) is 11.8 Å². The molecule has 7 heteroatoms. The minimum atomic E-state index is -3.40. The Labute approximate surface area is 126 Å². The van der Waals surface area contributed by atoms with E-state index in [0.717, 1.165) is 19.3 Å². The second-order valence-corrected chi connectivity index (χ2v) is 8.59. The Hall–Kier alpha value is -1.11. The number of sulfone groups is 1. The monoisotopic (exact) mass is 316 g/mol. The minimum Gasteiger partial charge on any atom is -0.352 e. The highest BCUT2D eigenvalue weighted by atomic mass is 32.2. The van der Waals surface area contributed by atoms with Crippen LogP contribution in [0, 0.1) is 5.92 Å². The fraction of sp³-hybridized carbons (Fsp3) is 0.857. The molecule has 2 fully saturated rings. The Morgan fingerprint density at radius 2 is 1.90 bits per heavy atom. The van der Waals surface area contributed by atoms with Gasteiger partial charge in [0, 0.05) is 12.6 Å². The van der Waals surface area contributed by atoms with E-state index < -0.39 is 27.5 Å². The fourth-order valence-electron chi connectivity index (χ4n) is 2.70. The highest BCUT2D eigenvalue weighted by Crippen LogP contribution is 2.22. The molecule has 0 spiro atoms. The van der Waals surface area contributed by atoms with Crippen LogP contribution < -0.4 is 5.32 Å². The molecule has 0 aromatic heterocycles. The highest BCUT2D eigenvalue weighted by Gasteiger charge is 2.37. The number of carbonyl (C=O) groups excluding carboxylic acids is 2. The number of likely N-dealkylation sites (tertiary alicyclic amines) is 1. The molecule has 0 bridgehead atoms. The van der Waals surface area contributed by atoms with Crippen LogP contribution in [0.15, 0.2) is 0 Å². The first-order valence-corrected chi connectivity index (χ1v) is 9.41. The number of hydrogen-bond acceptors (Lipinski definition) is 4. The molecular formula is C14H24N2O4S. The second kappa shape index (κ2) is 6.34. The summed E-state index contributed by atoms with van der Waals surface area (Å²) >= 11 is 0. The molecule has 21 heavy (non-hydrogen) atoms. The van der Waals surface area contributed by atoms with Gasteiger partial charge >= 0.3 is 0 Å². The van der Waals surface area contributed by atoms with Gasteiger partial charge in [-0.15, -0.1) is 0 Å². The van der Waals surface area contributed by atoms with Crippen molar-refractivity contribution in [2.75, 3.05) is 18.1 Å². The third kappa shape index (κ3) is 4.69. The minimum absolute atomic E-state index is 0.00431. The molecule has 1 aliphatic carbocycles. The maximum Gasteiger partial charge on any atom is 0.243 e. The van der Waals surface area contributed by atoms with Crippen molar-refractivity contribution in [1.29, 1.82) is 0 Å². The Kier molecular flexibility index (Phi) is 4.91. The van der Waals surface area contributed by atoms with Crippen molar-refractivity contribution in [3.8, 4) is 0 Å². The molecule has 2 rings (SSSR count). The maximum absolute atomic E-state index is 12.2. The summed E-state index contributed by atoms with van der Waals surface area (Å²) in [5, 5.41) is 2.89. The van der Waals surface area contributed by atoms with Crippen molar-refractivity contribution in [2.45, 2.75) is 51.6 Å². The smallest absolute Gasteiger partial charge is 0.243 e. The summed E-state index contributed by atoms with van der Waals surface area (Å²) in [5.74, 6) is -1.06. The summed E-state index contributed by atoms with van der Waals surface area (Å²) in [6.07, 6.45) is 3.36. The molecule has 0 aromatic carbocycles. The van der Waals surface area contributed by atoms with Crippen LogP contribution in [-0.4, -0.2) is 55.3 Å². The Morgan fingerprint density at radius 1 is 1.24 bits per heavy atom. The van der Waals surface area contributed by atoms with Crippen LogP contribution in [0.2, 0.25) is 0 Å². The van der Waals surface area contributed by atoms with Crippen LogP contribution in [0.25, 0.3) is 0 Å². The topological polar surface area (TPSA) is 83.6 Å². The van der Waals surface area contributed by atoms with Crippen molar-refractivity contribution >= 4 is 21.7 Å². The van der Waals surface area contributed by atoms with Gasteiger partial charge in [-0.05, 0) is 31.6 Å². The van der Waals surface area contributed by atoms with Crippen LogP contribution in [0.4, 0.5) is 0 Å². The summed E-state index contributed by atoms with van der Waals surface area (Å²) < 4.78 is 23.8. The third-order valence-electron chi connectivity index (χ3n) is 3.73. The molecule has 2 amide bonds. The SMILES string of the molecule is CC(C)CS(=O)(=O)CC(=O)N1CCCC1C(=O)NC1CC1. The molecule has 1 saturated carbocycles. The van der Waals surface area contributed by atoms with Gasteiger partial charge in [0.1, 0.15) is 11.8 Å². The fourth-order valence-corrected chi connectivity index (χ4v) is 4.38. The zero-order valence-electron chi connectivity index (χ0n) is 12.7. The predicted molar refractivity (Wildman–Crippen MR) is 79.4 cm³/mol. The van der Waals surface area contributed by atoms with Crippen LogP contribution in [-0.2, 0) is 19.4 Å². The summed E-state index contributed by atoms with van der Waals surface area (Å²) in [5.41, 5.74) is 0. The van der Waals surface area contributed by atoms with Crippen LogP contribution >= 0.6 is 0 Å². The van der Waals surface area contributed by atoms with Gasteiger partial charge in [-0.3, -0.25) is 9.59 Å². The molecule has 2 aliphatic rings. The van der Waals surface area contributed by atoms with E-state index >= 15 is 0 Å². The molecule has 1 aliphatic heterocycles. The zero-order valence-corrected chi connectivity index (χ0v) is 13.5. The molecule has 1 heterocycles. The quantitative estimate of drug-likeness (QED) is 0.765. The Balaban J connectivity index is 1.95. The van der Waals surface area contributed by atoms with Crippen molar-refractivity contribution in [3.63, 3.8) is 0 Å². The van der Waals surface area contributed by atoms with Crippen molar-refractivity contribution in [3.05, 3.63) is 0 Å². The van der Waals surface area contributed by atoms with Gasteiger partial charge in [0.15, 0.2) is 9.84 Å². The zero-order chi connectivity index (χ0) is 15.6. The van der Waals surface area contributed by atoms with Gasteiger partial charge in [0.05, 0.1) is 5.75 Å². The van der Waals surface area contributed by atoms with Crippen LogP contribution in [0.3, 0.4) is 0 Å². The van der Waals surface area contributed by atoms with Gasteiger partial charge in [-0.1, -0.05) is 13.8 Å². The molecule has 0 radical (unpaired) electrons. The van der Waals surface area contributed by atoms with Crippen molar-refractivity contribution in [1.82, 2.24) is 10.2 Å².